The molecule has 1 heterocycles. The molecule has 5 fully saturated rings. The largest absolute Gasteiger partial charge is 0.462 e. The average Bonchev–Trinajstić information content (AvgIpc) is 3.85. The maximum absolute atomic E-state index is 12.8. The smallest absolute Gasteiger partial charge is 0.417 e. The number of esters is 4. The molecule has 0 amide bonds. The zero-order chi connectivity index (χ0) is 41.1. The number of halogens is 3. The van der Waals surface area contributed by atoms with Gasteiger partial charge in [0.1, 0.15) is 23.4 Å². The monoisotopic (exact) mass is 774 g/mol. The van der Waals surface area contributed by atoms with Crippen molar-refractivity contribution in [1.29, 1.82) is 0 Å². The summed E-state index contributed by atoms with van der Waals surface area (Å²) in [5.74, 6) is -1.14. The van der Waals surface area contributed by atoms with Crippen molar-refractivity contribution in [2.45, 2.75) is 208 Å². The van der Waals surface area contributed by atoms with Gasteiger partial charge in [0, 0.05) is 18.8 Å². The minimum Gasteiger partial charge on any atom is -0.462 e. The molecule has 4 saturated carbocycles. The molecule has 9 nitrogen and oxygen atoms in total. The molecule has 1 aliphatic heterocycles. The van der Waals surface area contributed by atoms with Gasteiger partial charge in [-0.1, -0.05) is 27.7 Å². The van der Waals surface area contributed by atoms with Crippen LogP contribution >= 0.6 is 0 Å². The van der Waals surface area contributed by atoms with E-state index in [0.29, 0.717) is 32.1 Å². The molecule has 1 saturated heterocycles. The second-order valence-corrected chi connectivity index (χ2v) is 18.8. The lowest BCUT2D eigenvalue weighted by atomic mass is 9.76. The fourth-order valence-corrected chi connectivity index (χ4v) is 7.97. The molecule has 0 aromatic rings. The van der Waals surface area contributed by atoms with E-state index in [-0.39, 0.29) is 71.8 Å². The zero-order valence-electron chi connectivity index (χ0n) is 34.8. The quantitative estimate of drug-likeness (QED) is 0.161. The molecule has 0 radical (unpaired) electrons. The summed E-state index contributed by atoms with van der Waals surface area (Å²) >= 11 is 0. The van der Waals surface area contributed by atoms with E-state index in [1.165, 1.54) is 12.8 Å². The van der Waals surface area contributed by atoms with Gasteiger partial charge in [0.05, 0.1) is 22.2 Å². The Bertz CT molecular complexity index is 1320. The molecule has 0 spiro atoms. The van der Waals surface area contributed by atoms with Crippen LogP contribution < -0.4 is 0 Å². The summed E-state index contributed by atoms with van der Waals surface area (Å²) in [5.41, 5.74) is -4.58. The van der Waals surface area contributed by atoms with Gasteiger partial charge in [0.2, 0.25) is 0 Å². The molecule has 312 valence electrons. The van der Waals surface area contributed by atoms with Crippen molar-refractivity contribution in [3.63, 3.8) is 0 Å². The Morgan fingerprint density at radius 2 is 1.22 bits per heavy atom. The number of hydrogen-bond donors (Lipinski definition) is 1. The molecule has 5 aliphatic rings. The summed E-state index contributed by atoms with van der Waals surface area (Å²) in [6.07, 6.45) is 6.03. The second kappa shape index (κ2) is 17.0. The molecule has 2 bridgehead atoms. The topological polar surface area (TPSA) is 125 Å². The molecule has 1 N–H and O–H groups in total. The van der Waals surface area contributed by atoms with E-state index in [2.05, 4.69) is 6.92 Å². The summed E-state index contributed by atoms with van der Waals surface area (Å²) in [4.78, 5) is 47.8. The van der Waals surface area contributed by atoms with Crippen LogP contribution in [0.4, 0.5) is 13.2 Å². The number of ether oxygens (including phenoxy) is 4. The predicted molar refractivity (Wildman–Crippen MR) is 198 cm³/mol. The van der Waals surface area contributed by atoms with E-state index in [1.54, 1.807) is 13.8 Å². The highest BCUT2D eigenvalue weighted by molar-refractivity contribution is 5.79. The molecular weight excluding hydrogens is 705 g/mol. The van der Waals surface area contributed by atoms with Crippen LogP contribution in [0.25, 0.3) is 0 Å². The number of rotatable bonds is 11. The molecule has 12 heteroatoms. The Morgan fingerprint density at radius 3 is 1.65 bits per heavy atom. The third kappa shape index (κ3) is 10.3. The number of aliphatic hydroxyl groups is 1. The van der Waals surface area contributed by atoms with Crippen molar-refractivity contribution in [2.24, 2.45) is 34.0 Å². The lowest BCUT2D eigenvalue weighted by Crippen LogP contribution is -2.50. The number of hydrogen-bond acceptors (Lipinski definition) is 9. The number of fused-ring (bicyclic) bond motifs is 1. The first-order chi connectivity index (χ1) is 24.7. The second-order valence-electron chi connectivity index (χ2n) is 18.8. The highest BCUT2D eigenvalue weighted by Crippen LogP contribution is 2.58. The Morgan fingerprint density at radius 1 is 0.741 bits per heavy atom. The first-order valence-electron chi connectivity index (χ1n) is 20.4. The van der Waals surface area contributed by atoms with Crippen molar-refractivity contribution >= 4 is 23.9 Å². The Hall–Kier alpha value is -2.37. The Labute approximate surface area is 321 Å². The van der Waals surface area contributed by atoms with Gasteiger partial charge < -0.3 is 24.1 Å². The van der Waals surface area contributed by atoms with Crippen LogP contribution in [0.5, 0.6) is 0 Å². The van der Waals surface area contributed by atoms with Gasteiger partial charge in [-0.3, -0.25) is 19.2 Å². The normalized spacial score (nSPS) is 29.8. The maximum atomic E-state index is 12.8. The first kappa shape index (κ1) is 46.0. The molecule has 4 aliphatic carbocycles. The Balaban J connectivity index is 0.000000221. The van der Waals surface area contributed by atoms with Crippen LogP contribution in [0.3, 0.4) is 0 Å². The summed E-state index contributed by atoms with van der Waals surface area (Å²) < 4.78 is 60.7. The van der Waals surface area contributed by atoms with E-state index < -0.39 is 34.1 Å². The van der Waals surface area contributed by atoms with Gasteiger partial charge in [0.15, 0.2) is 5.60 Å². The summed E-state index contributed by atoms with van der Waals surface area (Å²) in [6.45, 7) is 20.2. The summed E-state index contributed by atoms with van der Waals surface area (Å²) in [5, 5.41) is 9.68. The molecule has 5 unspecified atom stereocenters. The van der Waals surface area contributed by atoms with E-state index in [4.69, 9.17) is 18.9 Å². The van der Waals surface area contributed by atoms with Crippen LogP contribution in [0.2, 0.25) is 0 Å². The molecular formula is C42H69F3O9. The van der Waals surface area contributed by atoms with E-state index >= 15 is 0 Å². The van der Waals surface area contributed by atoms with E-state index in [9.17, 15) is 37.5 Å². The summed E-state index contributed by atoms with van der Waals surface area (Å²) in [6, 6.07) is 0. The number of carbonyl (C=O) groups is 4. The van der Waals surface area contributed by atoms with Gasteiger partial charge in [-0.2, -0.15) is 13.2 Å². The molecule has 5 atom stereocenters. The number of carbonyl (C=O) groups excluding carboxylic acids is 4. The molecule has 54 heavy (non-hydrogen) atoms. The van der Waals surface area contributed by atoms with Crippen molar-refractivity contribution in [2.75, 3.05) is 0 Å². The SMILES string of the molecule is CCC(C)(C)C(=O)OC12CC3OC(=O)C(C1)C3C2.CCC(C)(C)C(=O)OC1CCC(C(C)(O)C(F)(F)F)CC1.CCC1(OC(=O)C(C)(C)CC)CCCC1. The van der Waals surface area contributed by atoms with E-state index in [0.717, 1.165) is 45.4 Å². The fourth-order valence-electron chi connectivity index (χ4n) is 7.97. The first-order valence-corrected chi connectivity index (χ1v) is 20.4. The third-order valence-electron chi connectivity index (χ3n) is 13.7. The van der Waals surface area contributed by atoms with Crippen LogP contribution in [0, 0.1) is 34.0 Å². The Kier molecular flexibility index (Phi) is 14.5. The molecule has 5 rings (SSSR count). The highest BCUT2D eigenvalue weighted by Gasteiger charge is 2.66. The van der Waals surface area contributed by atoms with Crippen molar-refractivity contribution in [3.8, 4) is 0 Å². The fraction of sp³-hybridized carbons (Fsp3) is 0.905. The van der Waals surface area contributed by atoms with Crippen LogP contribution in [-0.4, -0.2) is 64.2 Å². The van der Waals surface area contributed by atoms with Crippen LogP contribution in [0.1, 0.15) is 172 Å². The van der Waals surface area contributed by atoms with Crippen molar-refractivity contribution in [3.05, 3.63) is 0 Å². The van der Waals surface area contributed by atoms with Crippen molar-refractivity contribution in [1.82, 2.24) is 0 Å². The maximum Gasteiger partial charge on any atom is 0.417 e. The average molecular weight is 775 g/mol. The van der Waals surface area contributed by atoms with E-state index in [1.807, 2.05) is 48.5 Å². The van der Waals surface area contributed by atoms with Gasteiger partial charge in [0.25, 0.3) is 0 Å². The van der Waals surface area contributed by atoms with Gasteiger partial charge in [-0.25, -0.2) is 0 Å². The third-order valence-corrected chi connectivity index (χ3v) is 13.7. The predicted octanol–water partition coefficient (Wildman–Crippen LogP) is 9.59. The van der Waals surface area contributed by atoms with Gasteiger partial charge in [-0.15, -0.1) is 0 Å². The standard InChI is InChI=1S/C15H25F3O3.C14H20O4.C13H24O2/c1-5-13(2,3)12(19)21-11-8-6-10(7-9-11)14(4,20)15(16,17)18;1-4-13(2,3)12(16)18-14-5-8-9(6-14)11(15)17-10(8)7-14;1-5-12(3,4)11(14)15-13(6-2)9-7-8-10-13/h10-11,20H,5-9H2,1-4H3;8-10H,4-7H2,1-3H3;5-10H2,1-4H3. The molecule has 0 aromatic heterocycles. The number of alkyl halides is 3. The zero-order valence-corrected chi connectivity index (χ0v) is 34.8. The van der Waals surface area contributed by atoms with Crippen LogP contribution in [-0.2, 0) is 38.1 Å². The highest BCUT2D eigenvalue weighted by atomic mass is 19.4. The van der Waals surface area contributed by atoms with Crippen molar-refractivity contribution < 1.29 is 56.4 Å². The van der Waals surface area contributed by atoms with Gasteiger partial charge in [-0.05, 0) is 138 Å². The van der Waals surface area contributed by atoms with Crippen LogP contribution in [0.15, 0.2) is 0 Å². The summed E-state index contributed by atoms with van der Waals surface area (Å²) in [7, 11) is 0. The lowest BCUT2D eigenvalue weighted by molar-refractivity contribution is -0.276. The minimum absolute atomic E-state index is 0.00575. The minimum atomic E-state index is -4.63. The lowest BCUT2D eigenvalue weighted by Gasteiger charge is -2.39. The van der Waals surface area contributed by atoms with Gasteiger partial charge >= 0.3 is 30.1 Å². The molecule has 0 aromatic carbocycles.